The average molecular weight is 290 g/mol. The van der Waals surface area contributed by atoms with Crippen LogP contribution in [-0.2, 0) is 0 Å². The number of aryl methyl sites for hydroxylation is 1. The number of nitrogens with zero attached hydrogens (tertiary/aromatic N) is 5. The van der Waals surface area contributed by atoms with Gasteiger partial charge < -0.3 is 9.32 Å². The predicted molar refractivity (Wildman–Crippen MR) is 76.9 cm³/mol. The summed E-state index contributed by atoms with van der Waals surface area (Å²) in [5.74, 6) is 0.598. The molecule has 2 rings (SSSR count). The first-order valence-electron chi connectivity index (χ1n) is 6.01. The van der Waals surface area contributed by atoms with Crippen LogP contribution in [0.3, 0.4) is 0 Å². The van der Waals surface area contributed by atoms with Gasteiger partial charge in [0.05, 0.1) is 6.07 Å². The van der Waals surface area contributed by atoms with Gasteiger partial charge in [0.1, 0.15) is 11.3 Å². The van der Waals surface area contributed by atoms with Gasteiger partial charge in [-0.1, -0.05) is 0 Å². The Hall–Kier alpha value is -2.97. The van der Waals surface area contributed by atoms with Crippen molar-refractivity contribution >= 4 is 18.0 Å². The lowest BCUT2D eigenvalue weighted by molar-refractivity contribution is -0.401. The zero-order valence-corrected chi connectivity index (χ0v) is 11.8. The number of hydrazone groups is 1. The number of rotatable bonds is 5. The fourth-order valence-corrected chi connectivity index (χ4v) is 1.49. The van der Waals surface area contributed by atoms with E-state index < -0.39 is 4.92 Å². The Morgan fingerprint density at radius 3 is 2.81 bits per heavy atom. The molecule has 0 radical (unpaired) electrons. The largest absolute Gasteiger partial charge is 0.433 e. The third-order valence-electron chi connectivity index (χ3n) is 2.31. The topological polar surface area (TPSA) is 110 Å². The summed E-state index contributed by atoms with van der Waals surface area (Å²) in [4.78, 5) is 20.2. The minimum atomic E-state index is -0.611. The van der Waals surface area contributed by atoms with Crippen LogP contribution in [0.15, 0.2) is 27.7 Å². The summed E-state index contributed by atoms with van der Waals surface area (Å²) < 4.78 is 5.09. The van der Waals surface area contributed by atoms with Gasteiger partial charge >= 0.3 is 5.88 Å². The Labute approximate surface area is 120 Å². The Balaban J connectivity index is 2.27. The third kappa shape index (κ3) is 3.75. The van der Waals surface area contributed by atoms with Gasteiger partial charge in [-0.15, -0.1) is 0 Å². The van der Waals surface area contributed by atoms with E-state index in [2.05, 4.69) is 20.5 Å². The Morgan fingerprint density at radius 2 is 2.19 bits per heavy atom. The van der Waals surface area contributed by atoms with Crippen molar-refractivity contribution in [3.8, 4) is 11.6 Å². The molecule has 0 bridgehead atoms. The van der Waals surface area contributed by atoms with E-state index in [9.17, 15) is 10.1 Å². The summed E-state index contributed by atoms with van der Waals surface area (Å²) in [6.07, 6.45) is 1.58. The van der Waals surface area contributed by atoms with E-state index in [-0.39, 0.29) is 17.5 Å². The predicted octanol–water partition coefficient (Wildman–Crippen LogP) is 1.87. The molecule has 0 aliphatic rings. The zero-order chi connectivity index (χ0) is 15.4. The van der Waals surface area contributed by atoms with E-state index in [1.54, 1.807) is 24.2 Å². The number of aromatic nitrogens is 2. The highest BCUT2D eigenvalue weighted by Crippen LogP contribution is 2.24. The van der Waals surface area contributed by atoms with Crippen LogP contribution in [0.5, 0.6) is 0 Å². The van der Waals surface area contributed by atoms with E-state index in [1.807, 2.05) is 14.1 Å². The zero-order valence-electron chi connectivity index (χ0n) is 11.8. The Morgan fingerprint density at radius 1 is 1.43 bits per heavy atom. The van der Waals surface area contributed by atoms with Crippen molar-refractivity contribution in [3.63, 3.8) is 0 Å². The van der Waals surface area contributed by atoms with E-state index in [4.69, 9.17) is 4.42 Å². The maximum atomic E-state index is 10.6. The molecule has 0 spiro atoms. The molecule has 0 unspecified atom stereocenters. The summed E-state index contributed by atoms with van der Waals surface area (Å²) in [7, 11) is 3.67. The molecule has 110 valence electrons. The van der Waals surface area contributed by atoms with Crippen molar-refractivity contribution in [2.45, 2.75) is 6.92 Å². The summed E-state index contributed by atoms with van der Waals surface area (Å²) in [6, 6.07) is 4.42. The lowest BCUT2D eigenvalue weighted by Gasteiger charge is -2.05. The van der Waals surface area contributed by atoms with Gasteiger partial charge in [-0.2, -0.15) is 5.10 Å². The quantitative estimate of drug-likeness (QED) is 0.387. The average Bonchev–Trinajstić information content (AvgIpc) is 2.87. The minimum absolute atomic E-state index is 0.227. The minimum Gasteiger partial charge on any atom is -0.397 e. The first-order chi connectivity index (χ1) is 9.95. The van der Waals surface area contributed by atoms with Gasteiger partial charge in [-0.25, -0.2) is 9.97 Å². The maximum absolute atomic E-state index is 10.6. The summed E-state index contributed by atoms with van der Waals surface area (Å²) >= 11 is 0. The van der Waals surface area contributed by atoms with E-state index in [0.717, 1.165) is 0 Å². The van der Waals surface area contributed by atoms with Crippen LogP contribution in [-0.4, -0.2) is 40.2 Å². The van der Waals surface area contributed by atoms with Crippen molar-refractivity contribution in [1.29, 1.82) is 0 Å². The molecule has 0 aromatic carbocycles. The second kappa shape index (κ2) is 5.99. The van der Waals surface area contributed by atoms with Crippen molar-refractivity contribution in [3.05, 3.63) is 34.0 Å². The van der Waals surface area contributed by atoms with Crippen LogP contribution in [0.1, 0.15) is 5.69 Å². The number of furan rings is 1. The first-order valence-corrected chi connectivity index (χ1v) is 6.01. The fraction of sp³-hybridized carbons (Fsp3) is 0.250. The van der Waals surface area contributed by atoms with Crippen LogP contribution >= 0.6 is 0 Å². The normalized spacial score (nSPS) is 10.8. The number of anilines is 1. The first kappa shape index (κ1) is 14.4. The molecule has 0 atom stereocenters. The lowest BCUT2D eigenvalue weighted by Crippen LogP contribution is -2.09. The van der Waals surface area contributed by atoms with E-state index in [0.29, 0.717) is 11.5 Å². The molecule has 2 heterocycles. The van der Waals surface area contributed by atoms with Gasteiger partial charge in [-0.3, -0.25) is 15.5 Å². The number of hydrogen-bond acceptors (Lipinski definition) is 7. The molecule has 9 nitrogen and oxygen atoms in total. The summed E-state index contributed by atoms with van der Waals surface area (Å²) in [6.45, 7) is 1.78. The van der Waals surface area contributed by atoms with Crippen molar-refractivity contribution < 1.29 is 9.34 Å². The van der Waals surface area contributed by atoms with Crippen LogP contribution in [0.25, 0.3) is 11.6 Å². The molecule has 0 aliphatic heterocycles. The molecule has 0 saturated heterocycles. The number of nitrogens with one attached hydrogen (secondary N) is 1. The number of nitro groups is 1. The molecule has 0 saturated carbocycles. The highest BCUT2D eigenvalue weighted by Gasteiger charge is 2.15. The van der Waals surface area contributed by atoms with E-state index in [1.165, 1.54) is 12.1 Å². The van der Waals surface area contributed by atoms with Crippen LogP contribution in [0.4, 0.5) is 11.7 Å². The standard InChI is InChI=1S/C12H14N6O3/c1-8-6-10(16-13-7-17(2)3)15-12(14-8)9-4-5-11(21-9)18(19)20/h4-7H,1-3H3,(H,14,15,16). The van der Waals surface area contributed by atoms with Crippen LogP contribution < -0.4 is 5.43 Å². The fourth-order valence-electron chi connectivity index (χ4n) is 1.49. The second-order valence-corrected chi connectivity index (χ2v) is 4.43. The molecular weight excluding hydrogens is 276 g/mol. The lowest BCUT2D eigenvalue weighted by atomic mass is 10.3. The van der Waals surface area contributed by atoms with Crippen molar-refractivity contribution in [2.24, 2.45) is 5.10 Å². The third-order valence-corrected chi connectivity index (χ3v) is 2.31. The smallest absolute Gasteiger partial charge is 0.397 e. The highest BCUT2D eigenvalue weighted by atomic mass is 16.6. The maximum Gasteiger partial charge on any atom is 0.433 e. The van der Waals surface area contributed by atoms with E-state index >= 15 is 0 Å². The van der Waals surface area contributed by atoms with Gasteiger partial charge in [-0.05, 0) is 13.0 Å². The van der Waals surface area contributed by atoms with Crippen molar-refractivity contribution in [2.75, 3.05) is 19.5 Å². The molecule has 0 amide bonds. The van der Waals surface area contributed by atoms with Gasteiger partial charge in [0.15, 0.2) is 17.4 Å². The molecular formula is C12H14N6O3. The van der Waals surface area contributed by atoms with Gasteiger partial charge in [0.25, 0.3) is 0 Å². The molecule has 9 heteroatoms. The molecule has 2 aromatic heterocycles. The molecule has 1 N–H and O–H groups in total. The second-order valence-electron chi connectivity index (χ2n) is 4.43. The van der Waals surface area contributed by atoms with Gasteiger partial charge in [0.2, 0.25) is 0 Å². The van der Waals surface area contributed by atoms with Gasteiger partial charge in [0, 0.05) is 25.9 Å². The monoisotopic (exact) mass is 290 g/mol. The molecule has 0 aliphatic carbocycles. The Kier molecular flexibility index (Phi) is 4.12. The Bertz CT molecular complexity index is 679. The van der Waals surface area contributed by atoms with Crippen molar-refractivity contribution in [1.82, 2.24) is 14.9 Å². The summed E-state index contributed by atoms with van der Waals surface area (Å²) in [5, 5.41) is 14.6. The SMILES string of the molecule is Cc1cc(NN=CN(C)C)nc(-c2ccc([N+](=O)[O-])o2)n1. The molecule has 0 fully saturated rings. The molecule has 21 heavy (non-hydrogen) atoms. The highest BCUT2D eigenvalue weighted by molar-refractivity contribution is 5.57. The summed E-state index contributed by atoms with van der Waals surface area (Å²) in [5.41, 5.74) is 3.44. The number of hydrogen-bond donors (Lipinski definition) is 1. The molecule has 2 aromatic rings. The van der Waals surface area contributed by atoms with Crippen LogP contribution in [0, 0.1) is 17.0 Å². The van der Waals surface area contributed by atoms with Crippen LogP contribution in [0.2, 0.25) is 0 Å².